The van der Waals surface area contributed by atoms with E-state index in [1.54, 1.807) is 7.11 Å². The van der Waals surface area contributed by atoms with Gasteiger partial charge in [-0.25, -0.2) is 4.98 Å². The largest absolute Gasteiger partial charge is 0.497 e. The zero-order valence-electron chi connectivity index (χ0n) is 12.7. The van der Waals surface area contributed by atoms with E-state index in [1.165, 1.54) is 0 Å². The Morgan fingerprint density at radius 3 is 2.70 bits per heavy atom. The van der Waals surface area contributed by atoms with Gasteiger partial charge in [0, 0.05) is 25.2 Å². The highest BCUT2D eigenvalue weighted by Gasteiger charge is 2.20. The van der Waals surface area contributed by atoms with Gasteiger partial charge in [-0.05, 0) is 35.5 Å². The Hall–Kier alpha value is -1.81. The van der Waals surface area contributed by atoms with Crippen LogP contribution in [0.1, 0.15) is 13.8 Å². The first-order valence-electron chi connectivity index (χ1n) is 6.81. The summed E-state index contributed by atoms with van der Waals surface area (Å²) in [5.74, 6) is 1.81. The number of anilines is 1. The molecule has 0 saturated carbocycles. The zero-order valence-corrected chi connectivity index (χ0v) is 12.7. The summed E-state index contributed by atoms with van der Waals surface area (Å²) in [6.45, 7) is 5.82. The Bertz CT molecular complexity index is 595. The molecule has 108 valence electrons. The van der Waals surface area contributed by atoms with Gasteiger partial charge in [-0.2, -0.15) is 0 Å². The predicted octanol–water partition coefficient (Wildman–Crippen LogP) is 2.66. The lowest BCUT2D eigenvalue weighted by molar-refractivity contribution is 0.384. The van der Waals surface area contributed by atoms with Gasteiger partial charge >= 0.3 is 0 Å². The normalized spacial score (nSPS) is 11.7. The van der Waals surface area contributed by atoms with Crippen molar-refractivity contribution >= 4 is 16.6 Å². The third kappa shape index (κ3) is 3.02. The second-order valence-corrected chi connectivity index (χ2v) is 5.95. The molecule has 1 aromatic heterocycles. The summed E-state index contributed by atoms with van der Waals surface area (Å²) in [5.41, 5.74) is 5.88. The predicted molar refractivity (Wildman–Crippen MR) is 84.4 cm³/mol. The van der Waals surface area contributed by atoms with E-state index in [4.69, 9.17) is 10.5 Å². The summed E-state index contributed by atoms with van der Waals surface area (Å²) in [6, 6.07) is 8.07. The highest BCUT2D eigenvalue weighted by Crippen LogP contribution is 2.29. The highest BCUT2D eigenvalue weighted by atomic mass is 16.5. The average Bonchev–Trinajstić information content (AvgIpc) is 2.45. The molecule has 0 amide bonds. The van der Waals surface area contributed by atoms with Crippen molar-refractivity contribution in [1.29, 1.82) is 0 Å². The highest BCUT2D eigenvalue weighted by molar-refractivity contribution is 5.93. The van der Waals surface area contributed by atoms with Crippen molar-refractivity contribution in [2.24, 2.45) is 11.1 Å². The number of rotatable bonds is 5. The number of hydrogen-bond donors (Lipinski definition) is 1. The molecule has 4 heteroatoms. The fourth-order valence-electron chi connectivity index (χ4n) is 2.34. The number of nitrogens with zero attached hydrogens (tertiary/aromatic N) is 2. The fourth-order valence-corrected chi connectivity index (χ4v) is 2.34. The van der Waals surface area contributed by atoms with Crippen LogP contribution >= 0.6 is 0 Å². The summed E-state index contributed by atoms with van der Waals surface area (Å²) in [5, 5.41) is 2.26. The van der Waals surface area contributed by atoms with E-state index in [1.807, 2.05) is 24.4 Å². The molecule has 1 aromatic carbocycles. The Morgan fingerprint density at radius 1 is 1.30 bits per heavy atom. The molecule has 0 aliphatic carbocycles. The average molecular weight is 273 g/mol. The zero-order chi connectivity index (χ0) is 14.8. The van der Waals surface area contributed by atoms with Gasteiger partial charge in [-0.15, -0.1) is 0 Å². The van der Waals surface area contributed by atoms with E-state index in [-0.39, 0.29) is 5.41 Å². The number of aromatic nitrogens is 1. The summed E-state index contributed by atoms with van der Waals surface area (Å²) < 4.78 is 5.31. The summed E-state index contributed by atoms with van der Waals surface area (Å²) in [4.78, 5) is 6.69. The van der Waals surface area contributed by atoms with Gasteiger partial charge in [0.1, 0.15) is 11.6 Å². The van der Waals surface area contributed by atoms with E-state index in [2.05, 4.69) is 36.8 Å². The molecule has 0 unspecified atom stereocenters. The summed E-state index contributed by atoms with van der Waals surface area (Å²) >= 11 is 0. The number of hydrogen-bond acceptors (Lipinski definition) is 4. The molecule has 0 aliphatic heterocycles. The third-order valence-corrected chi connectivity index (χ3v) is 3.53. The molecule has 2 N–H and O–H groups in total. The van der Waals surface area contributed by atoms with Crippen LogP contribution in [0.15, 0.2) is 30.5 Å². The van der Waals surface area contributed by atoms with E-state index >= 15 is 0 Å². The summed E-state index contributed by atoms with van der Waals surface area (Å²) in [6.07, 6.45) is 1.84. The lowest BCUT2D eigenvalue weighted by atomic mass is 9.93. The standard InChI is InChI=1S/C16H23N3O/c1-16(2,10-17)11-19(3)15-14-9-13(20-4)6-5-12(14)7-8-18-15/h5-9H,10-11,17H2,1-4H3. The maximum atomic E-state index is 5.82. The number of ether oxygens (including phenoxy) is 1. The number of benzene rings is 1. The van der Waals surface area contributed by atoms with E-state index < -0.39 is 0 Å². The smallest absolute Gasteiger partial charge is 0.136 e. The van der Waals surface area contributed by atoms with Crippen molar-refractivity contribution in [3.63, 3.8) is 0 Å². The lowest BCUT2D eigenvalue weighted by Crippen LogP contribution is -2.37. The van der Waals surface area contributed by atoms with Crippen LogP contribution in [-0.4, -0.2) is 32.2 Å². The molecule has 0 bridgehead atoms. The number of fused-ring (bicyclic) bond motifs is 1. The molecule has 1 heterocycles. The minimum Gasteiger partial charge on any atom is -0.497 e. The number of methoxy groups -OCH3 is 1. The van der Waals surface area contributed by atoms with E-state index in [0.717, 1.165) is 28.9 Å². The van der Waals surface area contributed by atoms with E-state index in [0.29, 0.717) is 6.54 Å². The van der Waals surface area contributed by atoms with Crippen LogP contribution in [0.2, 0.25) is 0 Å². The van der Waals surface area contributed by atoms with Crippen LogP contribution in [0.4, 0.5) is 5.82 Å². The molecule has 0 saturated heterocycles. The quantitative estimate of drug-likeness (QED) is 0.910. The van der Waals surface area contributed by atoms with Gasteiger partial charge < -0.3 is 15.4 Å². The van der Waals surface area contributed by atoms with Crippen molar-refractivity contribution in [2.75, 3.05) is 32.1 Å². The first-order valence-corrected chi connectivity index (χ1v) is 6.81. The second-order valence-electron chi connectivity index (χ2n) is 5.95. The van der Waals surface area contributed by atoms with Crippen molar-refractivity contribution in [3.05, 3.63) is 30.5 Å². The molecule has 2 aromatic rings. The molecule has 20 heavy (non-hydrogen) atoms. The molecule has 0 fully saturated rings. The Labute approximate surface area is 120 Å². The van der Waals surface area contributed by atoms with Gasteiger partial charge in [0.2, 0.25) is 0 Å². The minimum absolute atomic E-state index is 0.0530. The van der Waals surface area contributed by atoms with Crippen molar-refractivity contribution in [1.82, 2.24) is 4.98 Å². The molecule has 0 spiro atoms. The Balaban J connectivity index is 2.42. The molecular formula is C16H23N3O. The first-order chi connectivity index (χ1) is 9.46. The van der Waals surface area contributed by atoms with Crippen LogP contribution in [0.25, 0.3) is 10.8 Å². The third-order valence-electron chi connectivity index (χ3n) is 3.53. The maximum absolute atomic E-state index is 5.82. The van der Waals surface area contributed by atoms with Crippen LogP contribution in [0.3, 0.4) is 0 Å². The van der Waals surface area contributed by atoms with Crippen LogP contribution in [0.5, 0.6) is 5.75 Å². The van der Waals surface area contributed by atoms with Gasteiger partial charge in [0.05, 0.1) is 7.11 Å². The molecule has 2 rings (SSSR count). The number of nitrogens with two attached hydrogens (primary N) is 1. The molecule has 4 nitrogen and oxygen atoms in total. The van der Waals surface area contributed by atoms with Gasteiger partial charge in [-0.3, -0.25) is 0 Å². The minimum atomic E-state index is 0.0530. The monoisotopic (exact) mass is 273 g/mol. The topological polar surface area (TPSA) is 51.4 Å². The first kappa shape index (κ1) is 14.6. The van der Waals surface area contributed by atoms with Crippen molar-refractivity contribution in [3.8, 4) is 5.75 Å². The van der Waals surface area contributed by atoms with Gasteiger partial charge in [-0.1, -0.05) is 19.9 Å². The van der Waals surface area contributed by atoms with Gasteiger partial charge in [0.15, 0.2) is 0 Å². The number of pyridine rings is 1. The van der Waals surface area contributed by atoms with Crippen LogP contribution in [-0.2, 0) is 0 Å². The molecular weight excluding hydrogens is 250 g/mol. The van der Waals surface area contributed by atoms with Crippen molar-refractivity contribution in [2.45, 2.75) is 13.8 Å². The fraction of sp³-hybridized carbons (Fsp3) is 0.438. The maximum Gasteiger partial charge on any atom is 0.136 e. The molecule has 0 atom stereocenters. The van der Waals surface area contributed by atoms with Gasteiger partial charge in [0.25, 0.3) is 0 Å². The van der Waals surface area contributed by atoms with Crippen LogP contribution < -0.4 is 15.4 Å². The summed E-state index contributed by atoms with van der Waals surface area (Å²) in [7, 11) is 3.73. The molecule has 0 radical (unpaired) electrons. The lowest BCUT2D eigenvalue weighted by Gasteiger charge is -2.30. The van der Waals surface area contributed by atoms with Crippen molar-refractivity contribution < 1.29 is 4.74 Å². The van der Waals surface area contributed by atoms with Crippen LogP contribution in [0, 0.1) is 5.41 Å². The Morgan fingerprint density at radius 2 is 2.05 bits per heavy atom. The second kappa shape index (κ2) is 5.67. The SMILES string of the molecule is COc1ccc2ccnc(N(C)CC(C)(C)CN)c2c1. The molecule has 0 aliphatic rings. The van der Waals surface area contributed by atoms with E-state index in [9.17, 15) is 0 Å². The Kier molecular flexibility index (Phi) is 4.14.